The van der Waals surface area contributed by atoms with Gasteiger partial charge < -0.3 is 20.3 Å². The molecule has 0 aliphatic rings. The Bertz CT molecular complexity index is 291. The smallest absolute Gasteiger partial charge is 0.407 e. The van der Waals surface area contributed by atoms with E-state index in [1.807, 2.05) is 13.8 Å². The number of amides is 3. The highest BCUT2D eigenvalue weighted by atomic mass is 16.5. The Morgan fingerprint density at radius 3 is 2.35 bits per heavy atom. The Kier molecular flexibility index (Phi) is 6.69. The molecule has 0 unspecified atom stereocenters. The van der Waals surface area contributed by atoms with E-state index in [-0.39, 0.29) is 30.9 Å². The van der Waals surface area contributed by atoms with Gasteiger partial charge in [-0.15, -0.1) is 0 Å². The summed E-state index contributed by atoms with van der Waals surface area (Å²) in [6, 6.07) is 0.0270. The van der Waals surface area contributed by atoms with Gasteiger partial charge in [-0.2, -0.15) is 0 Å². The van der Waals surface area contributed by atoms with Crippen LogP contribution in [0, 0.1) is 0 Å². The van der Waals surface area contributed by atoms with Crippen LogP contribution in [0.15, 0.2) is 0 Å². The molecule has 0 spiro atoms. The van der Waals surface area contributed by atoms with Crippen molar-refractivity contribution in [1.82, 2.24) is 15.5 Å². The molecular weight excluding hydrogens is 226 g/mol. The average molecular weight is 245 g/mol. The molecule has 0 aromatic heterocycles. The van der Waals surface area contributed by atoms with Gasteiger partial charge in [-0.3, -0.25) is 9.59 Å². The third-order valence-electron chi connectivity index (χ3n) is 1.83. The maximum Gasteiger partial charge on any atom is 0.407 e. The molecular formula is C10H19N3O4. The quantitative estimate of drug-likeness (QED) is 0.672. The van der Waals surface area contributed by atoms with E-state index in [1.165, 1.54) is 19.1 Å². The van der Waals surface area contributed by atoms with E-state index in [9.17, 15) is 14.4 Å². The molecule has 0 saturated heterocycles. The van der Waals surface area contributed by atoms with Gasteiger partial charge >= 0.3 is 6.09 Å². The van der Waals surface area contributed by atoms with Crippen LogP contribution in [0.1, 0.15) is 13.8 Å². The second-order valence-electron chi connectivity index (χ2n) is 3.82. The molecule has 2 N–H and O–H groups in total. The van der Waals surface area contributed by atoms with Gasteiger partial charge in [-0.25, -0.2) is 4.79 Å². The summed E-state index contributed by atoms with van der Waals surface area (Å²) in [5, 5.41) is 4.90. The van der Waals surface area contributed by atoms with Crippen LogP contribution in [0.25, 0.3) is 0 Å². The van der Waals surface area contributed by atoms with E-state index in [0.717, 1.165) is 0 Å². The Hall–Kier alpha value is -1.79. The van der Waals surface area contributed by atoms with Crippen molar-refractivity contribution in [3.8, 4) is 0 Å². The average Bonchev–Trinajstić information content (AvgIpc) is 2.23. The van der Waals surface area contributed by atoms with Crippen LogP contribution in [0.5, 0.6) is 0 Å². The number of rotatable bonds is 5. The van der Waals surface area contributed by atoms with Crippen LogP contribution in [-0.4, -0.2) is 56.1 Å². The molecule has 0 heterocycles. The van der Waals surface area contributed by atoms with Crippen LogP contribution in [-0.2, 0) is 14.3 Å². The van der Waals surface area contributed by atoms with Gasteiger partial charge in [0.15, 0.2) is 0 Å². The van der Waals surface area contributed by atoms with Gasteiger partial charge in [0.05, 0.1) is 13.7 Å². The van der Waals surface area contributed by atoms with Crippen molar-refractivity contribution in [2.24, 2.45) is 0 Å². The summed E-state index contributed by atoms with van der Waals surface area (Å²) in [6.45, 7) is 3.43. The summed E-state index contributed by atoms with van der Waals surface area (Å²) in [7, 11) is 2.70. The standard InChI is InChI=1S/C10H19N3O4/c1-7(2)12-8(14)6-13(3)9(15)5-11-10(16)17-4/h7H,5-6H2,1-4H3,(H,11,16)(H,12,14). The predicted molar refractivity (Wildman–Crippen MR) is 61.3 cm³/mol. The minimum atomic E-state index is -0.682. The van der Waals surface area contributed by atoms with E-state index in [0.29, 0.717) is 0 Å². The molecule has 0 bridgehead atoms. The summed E-state index contributed by atoms with van der Waals surface area (Å²) in [6.07, 6.45) is -0.682. The SMILES string of the molecule is COC(=O)NCC(=O)N(C)CC(=O)NC(C)C. The molecule has 0 atom stereocenters. The second kappa shape index (κ2) is 7.48. The van der Waals surface area contributed by atoms with E-state index < -0.39 is 6.09 Å². The van der Waals surface area contributed by atoms with Gasteiger partial charge in [0.2, 0.25) is 11.8 Å². The van der Waals surface area contributed by atoms with Crippen molar-refractivity contribution >= 4 is 17.9 Å². The lowest BCUT2D eigenvalue weighted by molar-refractivity contribution is -0.134. The first-order valence-corrected chi connectivity index (χ1v) is 5.22. The molecule has 0 rings (SSSR count). The number of hydrogen-bond acceptors (Lipinski definition) is 4. The van der Waals surface area contributed by atoms with Crippen molar-refractivity contribution < 1.29 is 19.1 Å². The Balaban J connectivity index is 3.97. The maximum absolute atomic E-state index is 11.5. The molecule has 0 fully saturated rings. The number of ether oxygens (including phenoxy) is 1. The maximum atomic E-state index is 11.5. The normalized spacial score (nSPS) is 9.71. The van der Waals surface area contributed by atoms with Crippen LogP contribution in [0.3, 0.4) is 0 Å². The van der Waals surface area contributed by atoms with Gasteiger partial charge in [-0.1, -0.05) is 0 Å². The zero-order valence-electron chi connectivity index (χ0n) is 10.6. The fourth-order valence-corrected chi connectivity index (χ4v) is 1.03. The van der Waals surface area contributed by atoms with Crippen molar-refractivity contribution in [3.05, 3.63) is 0 Å². The van der Waals surface area contributed by atoms with Crippen molar-refractivity contribution in [2.75, 3.05) is 27.2 Å². The monoisotopic (exact) mass is 245 g/mol. The summed E-state index contributed by atoms with van der Waals surface area (Å²) in [4.78, 5) is 34.8. The van der Waals surface area contributed by atoms with E-state index in [2.05, 4.69) is 15.4 Å². The molecule has 0 aromatic carbocycles. The fourth-order valence-electron chi connectivity index (χ4n) is 1.03. The molecule has 0 radical (unpaired) electrons. The summed E-state index contributed by atoms with van der Waals surface area (Å²) < 4.78 is 4.31. The van der Waals surface area contributed by atoms with Gasteiger partial charge in [0, 0.05) is 13.1 Å². The number of nitrogens with one attached hydrogen (secondary N) is 2. The topological polar surface area (TPSA) is 87.7 Å². The zero-order valence-corrected chi connectivity index (χ0v) is 10.6. The number of likely N-dealkylation sites (N-methyl/N-ethyl adjacent to an activating group) is 1. The van der Waals surface area contributed by atoms with Gasteiger partial charge in [0.25, 0.3) is 0 Å². The highest BCUT2D eigenvalue weighted by Gasteiger charge is 2.14. The van der Waals surface area contributed by atoms with Crippen LogP contribution in [0.4, 0.5) is 4.79 Å². The first kappa shape index (κ1) is 15.2. The molecule has 98 valence electrons. The first-order valence-electron chi connectivity index (χ1n) is 5.22. The van der Waals surface area contributed by atoms with Crippen molar-refractivity contribution in [2.45, 2.75) is 19.9 Å². The lowest BCUT2D eigenvalue weighted by atomic mass is 10.4. The summed E-state index contributed by atoms with van der Waals surface area (Å²) in [5.41, 5.74) is 0. The highest BCUT2D eigenvalue weighted by molar-refractivity contribution is 5.87. The van der Waals surface area contributed by atoms with Gasteiger partial charge in [0.1, 0.15) is 6.54 Å². The molecule has 0 aliphatic carbocycles. The third kappa shape index (κ3) is 7.15. The summed E-state index contributed by atoms with van der Waals surface area (Å²) >= 11 is 0. The number of carbonyl (C=O) groups is 3. The largest absolute Gasteiger partial charge is 0.453 e. The predicted octanol–water partition coefficient (Wildman–Crippen LogP) is -0.675. The lowest BCUT2D eigenvalue weighted by Crippen LogP contribution is -2.44. The molecule has 17 heavy (non-hydrogen) atoms. The van der Waals surface area contributed by atoms with E-state index >= 15 is 0 Å². The minimum absolute atomic E-state index is 0.0270. The number of alkyl carbamates (subject to hydrolysis) is 1. The first-order chi connectivity index (χ1) is 7.86. The fraction of sp³-hybridized carbons (Fsp3) is 0.700. The number of methoxy groups -OCH3 is 1. The van der Waals surface area contributed by atoms with Crippen LogP contribution >= 0.6 is 0 Å². The number of nitrogens with zero attached hydrogens (tertiary/aromatic N) is 1. The molecule has 7 nitrogen and oxygen atoms in total. The van der Waals surface area contributed by atoms with E-state index in [1.54, 1.807) is 0 Å². The van der Waals surface area contributed by atoms with Crippen LogP contribution < -0.4 is 10.6 Å². The van der Waals surface area contributed by atoms with E-state index in [4.69, 9.17) is 0 Å². The molecule has 3 amide bonds. The second-order valence-corrected chi connectivity index (χ2v) is 3.82. The molecule has 0 aliphatic heterocycles. The van der Waals surface area contributed by atoms with Crippen molar-refractivity contribution in [1.29, 1.82) is 0 Å². The number of carbonyl (C=O) groups excluding carboxylic acids is 3. The van der Waals surface area contributed by atoms with Crippen LogP contribution in [0.2, 0.25) is 0 Å². The number of hydrogen-bond donors (Lipinski definition) is 2. The van der Waals surface area contributed by atoms with Gasteiger partial charge in [-0.05, 0) is 13.8 Å². The molecule has 7 heteroatoms. The summed E-state index contributed by atoms with van der Waals surface area (Å²) in [5.74, 6) is -0.608. The Morgan fingerprint density at radius 1 is 1.29 bits per heavy atom. The zero-order chi connectivity index (χ0) is 13.4. The Labute approximate surface area is 100 Å². The highest BCUT2D eigenvalue weighted by Crippen LogP contribution is 1.86. The molecule has 0 saturated carbocycles. The lowest BCUT2D eigenvalue weighted by Gasteiger charge is -2.17. The van der Waals surface area contributed by atoms with Crippen molar-refractivity contribution in [3.63, 3.8) is 0 Å². The Morgan fingerprint density at radius 2 is 1.88 bits per heavy atom. The third-order valence-corrected chi connectivity index (χ3v) is 1.83. The molecule has 0 aromatic rings. The minimum Gasteiger partial charge on any atom is -0.453 e.